The van der Waals surface area contributed by atoms with Crippen LogP contribution in [0.15, 0.2) is 60.7 Å². The van der Waals surface area contributed by atoms with Crippen molar-refractivity contribution in [3.8, 4) is 16.9 Å². The van der Waals surface area contributed by atoms with Crippen molar-refractivity contribution >= 4 is 33.2 Å². The molecule has 3 aromatic carbocycles. The lowest BCUT2D eigenvalue weighted by molar-refractivity contribution is -0.137. The quantitative estimate of drug-likeness (QED) is 0.329. The molecule has 0 saturated carbocycles. The van der Waals surface area contributed by atoms with E-state index in [1.165, 1.54) is 29.5 Å². The number of thiophene rings is 1. The van der Waals surface area contributed by atoms with Crippen LogP contribution in [0.4, 0.5) is 4.39 Å². The van der Waals surface area contributed by atoms with Crippen LogP contribution in [0, 0.1) is 12.7 Å². The fraction of sp³-hybridized carbons (Fsp3) is 0.154. The van der Waals surface area contributed by atoms with Gasteiger partial charge in [0.15, 0.2) is 0 Å². The summed E-state index contributed by atoms with van der Waals surface area (Å²) in [7, 11) is 0. The molecule has 1 unspecified atom stereocenters. The Bertz CT molecular complexity index is 1340. The average Bonchev–Trinajstić information content (AvgIpc) is 3.11. The number of rotatable bonds is 6. The molecule has 32 heavy (non-hydrogen) atoms. The van der Waals surface area contributed by atoms with E-state index in [0.717, 1.165) is 26.8 Å². The van der Waals surface area contributed by atoms with Crippen LogP contribution in [-0.4, -0.2) is 22.0 Å². The summed E-state index contributed by atoms with van der Waals surface area (Å²) in [4.78, 5) is 25.0. The Balaban J connectivity index is 1.85. The van der Waals surface area contributed by atoms with Gasteiger partial charge < -0.3 is 10.2 Å². The summed E-state index contributed by atoms with van der Waals surface area (Å²) in [6.45, 7) is 3.56. The normalized spacial score (nSPS) is 12.1. The third-order valence-electron chi connectivity index (χ3n) is 5.56. The lowest BCUT2D eigenvalue weighted by Gasteiger charge is -2.11. The van der Waals surface area contributed by atoms with E-state index in [2.05, 4.69) is 0 Å². The summed E-state index contributed by atoms with van der Waals surface area (Å²) in [5.74, 6) is -1.48. The zero-order valence-electron chi connectivity index (χ0n) is 17.6. The Kier molecular flexibility index (Phi) is 5.80. The molecule has 4 aromatic rings. The molecule has 0 aliphatic rings. The number of aryl methyl sites for hydroxylation is 1. The third-order valence-corrected chi connectivity index (χ3v) is 6.71. The molecule has 2 N–H and O–H groups in total. The van der Waals surface area contributed by atoms with Crippen LogP contribution < -0.4 is 0 Å². The minimum Gasteiger partial charge on any atom is -0.508 e. The van der Waals surface area contributed by atoms with Crippen LogP contribution in [0.2, 0.25) is 0 Å². The Morgan fingerprint density at radius 3 is 2.41 bits per heavy atom. The predicted octanol–water partition coefficient (Wildman–Crippen LogP) is 6.53. The second kappa shape index (κ2) is 8.55. The first kappa shape index (κ1) is 21.7. The van der Waals surface area contributed by atoms with Gasteiger partial charge in [-0.3, -0.25) is 9.59 Å². The van der Waals surface area contributed by atoms with Crippen LogP contribution in [0.25, 0.3) is 21.2 Å². The lowest BCUT2D eigenvalue weighted by Crippen LogP contribution is -2.04. The maximum Gasteiger partial charge on any atom is 0.303 e. The van der Waals surface area contributed by atoms with Crippen molar-refractivity contribution in [2.45, 2.75) is 26.2 Å². The van der Waals surface area contributed by atoms with E-state index in [1.54, 1.807) is 25.1 Å². The minimum atomic E-state index is -0.854. The highest BCUT2D eigenvalue weighted by Crippen LogP contribution is 2.42. The van der Waals surface area contributed by atoms with Crippen molar-refractivity contribution in [3.63, 3.8) is 0 Å². The molecule has 1 atom stereocenters. The molecule has 162 valence electrons. The maximum absolute atomic E-state index is 13.6. The number of hydrogen-bond acceptors (Lipinski definition) is 4. The number of fused-ring (bicyclic) bond motifs is 1. The molecule has 0 bridgehead atoms. The van der Waals surface area contributed by atoms with Gasteiger partial charge in [-0.25, -0.2) is 4.39 Å². The molecule has 0 fully saturated rings. The summed E-state index contributed by atoms with van der Waals surface area (Å²) >= 11 is 1.29. The number of carboxylic acid groups (broad SMARTS) is 1. The fourth-order valence-electron chi connectivity index (χ4n) is 3.89. The van der Waals surface area contributed by atoms with Crippen LogP contribution in [0.3, 0.4) is 0 Å². The van der Waals surface area contributed by atoms with E-state index in [-0.39, 0.29) is 23.9 Å². The number of phenolic OH excluding ortho intramolecular Hbond substituents is 1. The van der Waals surface area contributed by atoms with Gasteiger partial charge in [-0.2, -0.15) is 0 Å². The first-order chi connectivity index (χ1) is 15.2. The molecule has 1 heterocycles. The number of aliphatic carboxylic acids is 1. The number of aromatic hydroxyl groups is 1. The standard InChI is InChI=1S/C26H21FO4S/c1-14(12-23(29)30)16-3-5-17(6-4-16)24-21-10-8-19(28)13-22(21)32-26(24)25(31)20-9-7-18(27)11-15(20)2/h3-11,13-14,28H,12H2,1-2H3,(H,29,30). The van der Waals surface area contributed by atoms with Crippen molar-refractivity contribution in [1.29, 1.82) is 0 Å². The highest BCUT2D eigenvalue weighted by molar-refractivity contribution is 7.21. The molecular weight excluding hydrogens is 427 g/mol. The van der Waals surface area contributed by atoms with Gasteiger partial charge in [0.2, 0.25) is 5.78 Å². The number of halogens is 1. The molecule has 0 spiro atoms. The van der Waals surface area contributed by atoms with E-state index in [9.17, 15) is 19.1 Å². The van der Waals surface area contributed by atoms with Crippen LogP contribution in [0.1, 0.15) is 45.6 Å². The van der Waals surface area contributed by atoms with Crippen LogP contribution in [-0.2, 0) is 4.79 Å². The molecule has 0 radical (unpaired) electrons. The van der Waals surface area contributed by atoms with Crippen molar-refractivity contribution in [2.75, 3.05) is 0 Å². The third kappa shape index (κ3) is 4.14. The predicted molar refractivity (Wildman–Crippen MR) is 124 cm³/mol. The van der Waals surface area contributed by atoms with Crippen molar-refractivity contribution < 1.29 is 24.2 Å². The van der Waals surface area contributed by atoms with E-state index in [1.807, 2.05) is 31.2 Å². The van der Waals surface area contributed by atoms with Gasteiger partial charge in [-0.1, -0.05) is 31.2 Å². The Morgan fingerprint density at radius 2 is 1.75 bits per heavy atom. The zero-order valence-corrected chi connectivity index (χ0v) is 18.4. The molecule has 0 saturated heterocycles. The fourth-order valence-corrected chi connectivity index (χ4v) is 5.11. The van der Waals surface area contributed by atoms with Gasteiger partial charge in [0.25, 0.3) is 0 Å². The summed E-state index contributed by atoms with van der Waals surface area (Å²) < 4.78 is 14.3. The molecule has 4 nitrogen and oxygen atoms in total. The monoisotopic (exact) mass is 448 g/mol. The molecule has 1 aromatic heterocycles. The number of carboxylic acids is 1. The van der Waals surface area contributed by atoms with Crippen molar-refractivity contribution in [3.05, 3.63) is 88.0 Å². The first-order valence-electron chi connectivity index (χ1n) is 10.1. The van der Waals surface area contributed by atoms with E-state index in [0.29, 0.717) is 16.0 Å². The summed E-state index contributed by atoms with van der Waals surface area (Å²) in [5, 5.41) is 19.8. The second-order valence-electron chi connectivity index (χ2n) is 7.90. The SMILES string of the molecule is Cc1cc(F)ccc1C(=O)c1sc2cc(O)ccc2c1-c1ccc(C(C)CC(=O)O)cc1. The van der Waals surface area contributed by atoms with Gasteiger partial charge in [0.05, 0.1) is 11.3 Å². The smallest absolute Gasteiger partial charge is 0.303 e. The Morgan fingerprint density at radius 1 is 1.03 bits per heavy atom. The number of hydrogen-bond donors (Lipinski definition) is 2. The first-order valence-corrected chi connectivity index (χ1v) is 10.9. The van der Waals surface area contributed by atoms with Gasteiger partial charge in [-0.15, -0.1) is 11.3 Å². The van der Waals surface area contributed by atoms with E-state index in [4.69, 9.17) is 5.11 Å². The summed E-state index contributed by atoms with van der Waals surface area (Å²) in [6.07, 6.45) is 0.0353. The van der Waals surface area contributed by atoms with Gasteiger partial charge >= 0.3 is 5.97 Å². The number of phenols is 1. The van der Waals surface area contributed by atoms with Gasteiger partial charge in [0.1, 0.15) is 11.6 Å². The molecule has 0 amide bonds. The molecule has 0 aliphatic heterocycles. The number of ketones is 1. The highest BCUT2D eigenvalue weighted by atomic mass is 32.1. The zero-order chi connectivity index (χ0) is 23.0. The van der Waals surface area contributed by atoms with Crippen molar-refractivity contribution in [1.82, 2.24) is 0 Å². The number of carbonyl (C=O) groups excluding carboxylic acids is 1. The van der Waals surface area contributed by atoms with Crippen LogP contribution in [0.5, 0.6) is 5.75 Å². The van der Waals surface area contributed by atoms with Crippen molar-refractivity contribution in [2.24, 2.45) is 0 Å². The number of carbonyl (C=O) groups is 2. The Labute approximate surface area is 188 Å². The molecule has 6 heteroatoms. The summed E-state index contributed by atoms with van der Waals surface area (Å²) in [5.41, 5.74) is 3.44. The van der Waals surface area contributed by atoms with E-state index < -0.39 is 11.8 Å². The lowest BCUT2D eigenvalue weighted by atomic mass is 9.93. The minimum absolute atomic E-state index is 0.0353. The molecule has 0 aliphatic carbocycles. The van der Waals surface area contributed by atoms with Crippen LogP contribution >= 0.6 is 11.3 Å². The van der Waals surface area contributed by atoms with Gasteiger partial charge in [0, 0.05) is 21.2 Å². The maximum atomic E-state index is 13.6. The van der Waals surface area contributed by atoms with E-state index >= 15 is 0 Å². The highest BCUT2D eigenvalue weighted by Gasteiger charge is 2.23. The second-order valence-corrected chi connectivity index (χ2v) is 8.95. The largest absolute Gasteiger partial charge is 0.508 e. The molecular formula is C26H21FO4S. The summed E-state index contributed by atoms with van der Waals surface area (Å²) in [6, 6.07) is 16.6. The topological polar surface area (TPSA) is 74.6 Å². The number of benzene rings is 3. The molecule has 4 rings (SSSR count). The average molecular weight is 449 g/mol. The van der Waals surface area contributed by atoms with Gasteiger partial charge in [-0.05, 0) is 65.9 Å². The Hall–Kier alpha value is -3.51.